The van der Waals surface area contributed by atoms with E-state index in [1.54, 1.807) is 42.5 Å². The highest BCUT2D eigenvalue weighted by atomic mass is 35.5. The molecule has 0 bridgehead atoms. The summed E-state index contributed by atoms with van der Waals surface area (Å²) in [6, 6.07) is 15.1. The van der Waals surface area contributed by atoms with Crippen LogP contribution in [0.3, 0.4) is 0 Å². The topological polar surface area (TPSA) is 107 Å². The standard InChI is InChI=1S/C26H25ClN2O6S/c1-15-5-10-24(19(27)11-15)36(31,32)29-26-18-12-16(2)28-20(18)7-9-22(26)35-21-8-6-17(13-23(21)33-3)14-25(30)34-4/h5-13,28-29H,14H2,1-4H3. The summed E-state index contributed by atoms with van der Waals surface area (Å²) in [5.41, 5.74) is 3.34. The number of esters is 1. The molecule has 0 saturated carbocycles. The second-order valence-electron chi connectivity index (χ2n) is 8.23. The Morgan fingerprint density at radius 2 is 1.72 bits per heavy atom. The summed E-state index contributed by atoms with van der Waals surface area (Å²) in [7, 11) is -1.26. The molecule has 3 aromatic carbocycles. The van der Waals surface area contributed by atoms with Gasteiger partial charge in [-0.1, -0.05) is 23.7 Å². The predicted molar refractivity (Wildman–Crippen MR) is 139 cm³/mol. The Labute approximate surface area is 214 Å². The number of nitrogens with one attached hydrogen (secondary N) is 2. The van der Waals surface area contributed by atoms with Crippen LogP contribution < -0.4 is 14.2 Å². The molecule has 0 aliphatic rings. The van der Waals surface area contributed by atoms with Gasteiger partial charge in [-0.05, 0) is 67.4 Å². The average Bonchev–Trinajstić information content (AvgIpc) is 3.21. The van der Waals surface area contributed by atoms with Crippen molar-refractivity contribution in [3.05, 3.63) is 76.4 Å². The Morgan fingerprint density at radius 3 is 2.42 bits per heavy atom. The van der Waals surface area contributed by atoms with Gasteiger partial charge in [0.25, 0.3) is 10.0 Å². The van der Waals surface area contributed by atoms with Gasteiger partial charge in [-0.15, -0.1) is 0 Å². The Bertz CT molecular complexity index is 1560. The molecule has 10 heteroatoms. The molecule has 188 valence electrons. The number of fused-ring (bicyclic) bond motifs is 1. The minimum Gasteiger partial charge on any atom is -0.493 e. The van der Waals surface area contributed by atoms with Gasteiger partial charge >= 0.3 is 5.97 Å². The number of aromatic nitrogens is 1. The molecular weight excluding hydrogens is 504 g/mol. The van der Waals surface area contributed by atoms with E-state index < -0.39 is 10.0 Å². The van der Waals surface area contributed by atoms with E-state index in [0.29, 0.717) is 22.4 Å². The van der Waals surface area contributed by atoms with Crippen molar-refractivity contribution in [1.82, 2.24) is 4.98 Å². The van der Waals surface area contributed by atoms with E-state index in [0.717, 1.165) is 16.8 Å². The highest BCUT2D eigenvalue weighted by Crippen LogP contribution is 2.41. The molecule has 0 aliphatic carbocycles. The van der Waals surface area contributed by atoms with Gasteiger partial charge in [0, 0.05) is 16.6 Å². The van der Waals surface area contributed by atoms with Crippen LogP contribution in [0.25, 0.3) is 10.9 Å². The molecule has 0 fully saturated rings. The number of hydrogen-bond donors (Lipinski definition) is 2. The van der Waals surface area contributed by atoms with Crippen LogP contribution in [0.4, 0.5) is 5.69 Å². The Kier molecular flexibility index (Phi) is 7.14. The van der Waals surface area contributed by atoms with Crippen LogP contribution in [0.1, 0.15) is 16.8 Å². The number of aromatic amines is 1. The molecule has 0 amide bonds. The quantitative estimate of drug-likeness (QED) is 0.282. The Balaban J connectivity index is 1.77. The maximum atomic E-state index is 13.4. The van der Waals surface area contributed by atoms with Crippen molar-refractivity contribution < 1.29 is 27.4 Å². The number of rotatable bonds is 8. The van der Waals surface area contributed by atoms with Gasteiger partial charge in [0.05, 0.1) is 25.7 Å². The molecule has 1 heterocycles. The molecule has 36 heavy (non-hydrogen) atoms. The Morgan fingerprint density at radius 1 is 0.972 bits per heavy atom. The summed E-state index contributed by atoms with van der Waals surface area (Å²) in [5.74, 6) is 0.585. The van der Waals surface area contributed by atoms with Crippen molar-refractivity contribution in [2.24, 2.45) is 0 Å². The first-order valence-corrected chi connectivity index (χ1v) is 12.8. The largest absolute Gasteiger partial charge is 0.493 e. The fourth-order valence-electron chi connectivity index (χ4n) is 3.79. The lowest BCUT2D eigenvalue weighted by Gasteiger charge is -2.17. The van der Waals surface area contributed by atoms with Crippen LogP contribution >= 0.6 is 11.6 Å². The number of aryl methyl sites for hydroxylation is 2. The zero-order valence-corrected chi connectivity index (χ0v) is 21.7. The molecule has 1 aromatic heterocycles. The van der Waals surface area contributed by atoms with Crippen molar-refractivity contribution in [3.63, 3.8) is 0 Å². The van der Waals surface area contributed by atoms with Gasteiger partial charge in [-0.2, -0.15) is 0 Å². The maximum Gasteiger partial charge on any atom is 0.309 e. The predicted octanol–water partition coefficient (Wildman–Crippen LogP) is 5.76. The summed E-state index contributed by atoms with van der Waals surface area (Å²) in [6.45, 7) is 3.70. The molecule has 0 saturated heterocycles. The molecule has 4 rings (SSSR count). The first kappa shape index (κ1) is 25.4. The van der Waals surface area contributed by atoms with Crippen LogP contribution in [0.2, 0.25) is 5.02 Å². The number of hydrogen-bond acceptors (Lipinski definition) is 6. The lowest BCUT2D eigenvalue weighted by atomic mass is 10.1. The first-order chi connectivity index (χ1) is 17.1. The van der Waals surface area contributed by atoms with Crippen LogP contribution in [0, 0.1) is 13.8 Å². The SMILES string of the molecule is COC(=O)Cc1ccc(Oc2ccc3[nH]c(C)cc3c2NS(=O)(=O)c2ccc(C)cc2Cl)c(OC)c1. The fraction of sp³-hybridized carbons (Fsp3) is 0.192. The van der Waals surface area contributed by atoms with E-state index in [9.17, 15) is 13.2 Å². The van der Waals surface area contributed by atoms with Gasteiger partial charge in [-0.3, -0.25) is 9.52 Å². The number of ether oxygens (including phenoxy) is 3. The van der Waals surface area contributed by atoms with E-state index in [2.05, 4.69) is 9.71 Å². The van der Waals surface area contributed by atoms with Gasteiger partial charge in [-0.25, -0.2) is 8.42 Å². The third-order valence-electron chi connectivity index (χ3n) is 5.54. The Hall–Kier alpha value is -3.69. The molecule has 2 N–H and O–H groups in total. The monoisotopic (exact) mass is 528 g/mol. The maximum absolute atomic E-state index is 13.4. The van der Waals surface area contributed by atoms with Crippen molar-refractivity contribution in [3.8, 4) is 17.2 Å². The molecular formula is C26H25ClN2O6S. The first-order valence-electron chi connectivity index (χ1n) is 10.9. The molecule has 8 nitrogen and oxygen atoms in total. The molecule has 4 aromatic rings. The van der Waals surface area contributed by atoms with Gasteiger partial charge in [0.15, 0.2) is 17.2 Å². The minimum absolute atomic E-state index is 0.0466. The van der Waals surface area contributed by atoms with Crippen LogP contribution in [-0.2, 0) is 26.0 Å². The number of sulfonamides is 1. The smallest absolute Gasteiger partial charge is 0.309 e. The van der Waals surface area contributed by atoms with E-state index in [1.165, 1.54) is 20.3 Å². The summed E-state index contributed by atoms with van der Waals surface area (Å²) >= 11 is 6.27. The normalized spacial score (nSPS) is 11.4. The summed E-state index contributed by atoms with van der Waals surface area (Å²) in [5, 5.41) is 0.739. The minimum atomic E-state index is -4.06. The molecule has 0 atom stereocenters. The lowest BCUT2D eigenvalue weighted by Crippen LogP contribution is -2.14. The highest BCUT2D eigenvalue weighted by Gasteiger charge is 2.23. The van der Waals surface area contributed by atoms with Crippen molar-refractivity contribution >= 4 is 44.2 Å². The summed E-state index contributed by atoms with van der Waals surface area (Å²) in [6.07, 6.45) is 0.0735. The molecule has 0 spiro atoms. The van der Waals surface area contributed by atoms with Crippen LogP contribution in [-0.4, -0.2) is 33.6 Å². The van der Waals surface area contributed by atoms with Crippen LogP contribution in [0.5, 0.6) is 17.2 Å². The number of methoxy groups -OCH3 is 2. The summed E-state index contributed by atoms with van der Waals surface area (Å²) in [4.78, 5) is 14.8. The number of carbonyl (C=O) groups excluding carboxylic acids is 1. The second kappa shape index (κ2) is 10.1. The number of H-pyrrole nitrogens is 1. The zero-order valence-electron chi connectivity index (χ0n) is 20.1. The van der Waals surface area contributed by atoms with E-state index in [1.807, 2.05) is 19.9 Å². The highest BCUT2D eigenvalue weighted by molar-refractivity contribution is 7.92. The van der Waals surface area contributed by atoms with Crippen LogP contribution in [0.15, 0.2) is 59.5 Å². The number of anilines is 1. The number of halogens is 1. The second-order valence-corrected chi connectivity index (χ2v) is 10.3. The lowest BCUT2D eigenvalue weighted by molar-refractivity contribution is -0.139. The summed E-state index contributed by atoms with van der Waals surface area (Å²) < 4.78 is 45.7. The molecule has 0 aliphatic heterocycles. The van der Waals surface area contributed by atoms with Crippen molar-refractivity contribution in [1.29, 1.82) is 0 Å². The van der Waals surface area contributed by atoms with E-state index >= 15 is 0 Å². The third kappa shape index (κ3) is 5.27. The van der Waals surface area contributed by atoms with Crippen molar-refractivity contribution in [2.45, 2.75) is 25.2 Å². The molecule has 0 radical (unpaired) electrons. The fourth-order valence-corrected chi connectivity index (χ4v) is 5.48. The van der Waals surface area contributed by atoms with Gasteiger partial charge in [0.2, 0.25) is 0 Å². The van der Waals surface area contributed by atoms with E-state index in [4.69, 9.17) is 25.8 Å². The molecule has 0 unspecified atom stereocenters. The average molecular weight is 529 g/mol. The number of carbonyl (C=O) groups is 1. The zero-order chi connectivity index (χ0) is 26.0. The number of benzene rings is 3. The van der Waals surface area contributed by atoms with Gasteiger partial charge < -0.3 is 19.2 Å². The van der Waals surface area contributed by atoms with Gasteiger partial charge in [0.1, 0.15) is 10.6 Å². The van der Waals surface area contributed by atoms with Crippen molar-refractivity contribution in [2.75, 3.05) is 18.9 Å². The third-order valence-corrected chi connectivity index (χ3v) is 7.37. The van der Waals surface area contributed by atoms with E-state index in [-0.39, 0.29) is 33.7 Å².